The van der Waals surface area contributed by atoms with Gasteiger partial charge in [-0.1, -0.05) is 18.4 Å². The molecule has 4 rings (SSSR count). The zero-order valence-corrected chi connectivity index (χ0v) is 16.1. The van der Waals surface area contributed by atoms with Crippen LogP contribution in [0.15, 0.2) is 59.0 Å². The van der Waals surface area contributed by atoms with E-state index in [9.17, 15) is 9.18 Å². The Morgan fingerprint density at radius 2 is 2.18 bits per heavy atom. The maximum atomic E-state index is 13.3. The van der Waals surface area contributed by atoms with Crippen molar-refractivity contribution in [2.75, 3.05) is 5.01 Å². The maximum absolute atomic E-state index is 13.3. The van der Waals surface area contributed by atoms with Gasteiger partial charge in [0.25, 0.3) is 0 Å². The number of hydrogen-bond acceptors (Lipinski definition) is 3. The molecular formula is C23H24FN3O. The van der Waals surface area contributed by atoms with E-state index in [0.717, 1.165) is 30.6 Å². The van der Waals surface area contributed by atoms with Crippen molar-refractivity contribution in [1.82, 2.24) is 10.7 Å². The predicted molar refractivity (Wildman–Crippen MR) is 108 cm³/mol. The number of fused-ring (bicyclic) bond motifs is 1. The molecule has 0 saturated heterocycles. The van der Waals surface area contributed by atoms with E-state index in [1.54, 1.807) is 12.1 Å². The second kappa shape index (κ2) is 7.20. The van der Waals surface area contributed by atoms with Crippen LogP contribution in [0, 0.1) is 30.0 Å². The molecular weight excluding hydrogens is 353 g/mol. The molecule has 3 atom stereocenters. The first-order valence-corrected chi connectivity index (χ1v) is 9.68. The molecule has 0 aromatic heterocycles. The molecule has 28 heavy (non-hydrogen) atoms. The topological polar surface area (TPSA) is 44.4 Å². The lowest BCUT2D eigenvalue weighted by atomic mass is 9.78. The van der Waals surface area contributed by atoms with Crippen LogP contribution in [-0.2, 0) is 4.79 Å². The molecule has 0 fully saturated rings. The number of hydrogen-bond donors (Lipinski definition) is 2. The van der Waals surface area contributed by atoms with Crippen LogP contribution in [0.5, 0.6) is 0 Å². The van der Waals surface area contributed by atoms with Gasteiger partial charge in [0.2, 0.25) is 5.91 Å². The molecule has 4 nitrogen and oxygen atoms in total. The molecule has 2 aliphatic carbocycles. The first kappa shape index (κ1) is 18.4. The smallest absolute Gasteiger partial charge is 0.217 e. The minimum atomic E-state index is -0.243. The fourth-order valence-corrected chi connectivity index (χ4v) is 4.66. The number of nitrogens with one attached hydrogen (secondary N) is 2. The number of carbonyl (C=O) groups excluding carboxylic acids is 1. The van der Waals surface area contributed by atoms with Gasteiger partial charge in [-0.15, -0.1) is 6.42 Å². The lowest BCUT2D eigenvalue weighted by Crippen LogP contribution is -2.34. The summed E-state index contributed by atoms with van der Waals surface area (Å²) in [5.74, 6) is 3.03. The third kappa shape index (κ3) is 3.20. The zero-order valence-electron chi connectivity index (χ0n) is 16.1. The fourth-order valence-electron chi connectivity index (χ4n) is 4.66. The Morgan fingerprint density at radius 1 is 1.43 bits per heavy atom. The Balaban J connectivity index is 1.60. The van der Waals surface area contributed by atoms with Crippen LogP contribution < -0.4 is 15.8 Å². The van der Waals surface area contributed by atoms with E-state index in [0.29, 0.717) is 5.92 Å². The van der Waals surface area contributed by atoms with E-state index in [4.69, 9.17) is 6.42 Å². The minimum absolute atomic E-state index is 0.0911. The number of hydrazine groups is 1. The molecule has 5 heteroatoms. The number of anilines is 1. The van der Waals surface area contributed by atoms with Crippen molar-refractivity contribution in [2.45, 2.75) is 39.2 Å². The Bertz CT molecular complexity index is 936. The third-order valence-electron chi connectivity index (χ3n) is 5.89. The number of nitrogens with zero attached hydrogens (tertiary/aromatic N) is 1. The van der Waals surface area contributed by atoms with Gasteiger partial charge in [-0.2, -0.15) is 0 Å². The standard InChI is InChI=1S/C23H24FN3O/c1-4-19(26-15(3)28)11-16-5-6-17-12-22-21(14(2)23(16)17)13-25-27(22)20-9-7-18(24)8-10-20/h1,7-10,12-14,16,19,25H,5-6,11H2,2-3H3,(H,26,28)/t14-,16+,19?/m0/s1. The van der Waals surface area contributed by atoms with Crippen LogP contribution in [0.1, 0.15) is 33.1 Å². The zero-order chi connectivity index (χ0) is 19.8. The van der Waals surface area contributed by atoms with Crippen molar-refractivity contribution in [3.05, 3.63) is 64.8 Å². The van der Waals surface area contributed by atoms with Gasteiger partial charge in [-0.05, 0) is 61.1 Å². The van der Waals surface area contributed by atoms with Crippen molar-refractivity contribution in [3.63, 3.8) is 0 Å². The second-order valence-electron chi connectivity index (χ2n) is 7.66. The van der Waals surface area contributed by atoms with Crippen LogP contribution >= 0.6 is 0 Å². The summed E-state index contributed by atoms with van der Waals surface area (Å²) in [6.07, 6.45) is 12.7. The average Bonchev–Trinajstić information content (AvgIpc) is 3.26. The summed E-state index contributed by atoms with van der Waals surface area (Å²) in [7, 11) is 0. The minimum Gasteiger partial charge on any atom is -0.343 e. The van der Waals surface area contributed by atoms with E-state index in [1.807, 2.05) is 11.2 Å². The lowest BCUT2D eigenvalue weighted by Gasteiger charge is -2.30. The van der Waals surface area contributed by atoms with Crippen molar-refractivity contribution < 1.29 is 9.18 Å². The summed E-state index contributed by atoms with van der Waals surface area (Å²) < 4.78 is 13.3. The van der Waals surface area contributed by atoms with Crippen molar-refractivity contribution >= 4 is 11.6 Å². The Labute approximate surface area is 165 Å². The molecule has 1 aromatic carbocycles. The average molecular weight is 377 g/mol. The van der Waals surface area contributed by atoms with Gasteiger partial charge in [0.1, 0.15) is 5.82 Å². The Morgan fingerprint density at radius 3 is 2.86 bits per heavy atom. The number of rotatable bonds is 4. The maximum Gasteiger partial charge on any atom is 0.217 e. The van der Waals surface area contributed by atoms with Gasteiger partial charge in [0.15, 0.2) is 0 Å². The van der Waals surface area contributed by atoms with E-state index in [2.05, 4.69) is 29.7 Å². The molecule has 3 aliphatic rings. The van der Waals surface area contributed by atoms with Crippen molar-refractivity contribution in [2.24, 2.45) is 11.8 Å². The summed E-state index contributed by atoms with van der Waals surface area (Å²) in [6, 6.07) is 6.26. The van der Waals surface area contributed by atoms with Crippen LogP contribution in [0.3, 0.4) is 0 Å². The molecule has 0 spiro atoms. The second-order valence-corrected chi connectivity index (χ2v) is 7.66. The van der Waals surface area contributed by atoms with Crippen molar-refractivity contribution in [3.8, 4) is 12.3 Å². The van der Waals surface area contributed by atoms with Crippen LogP contribution in [0.2, 0.25) is 0 Å². The van der Waals surface area contributed by atoms with E-state index >= 15 is 0 Å². The molecule has 2 N–H and O–H groups in total. The van der Waals surface area contributed by atoms with Crippen molar-refractivity contribution in [1.29, 1.82) is 0 Å². The quantitative estimate of drug-likeness (QED) is 0.785. The number of allylic oxidation sites excluding steroid dienone is 4. The number of benzene rings is 1. The molecule has 0 bridgehead atoms. The fraction of sp³-hybridized carbons (Fsp3) is 0.348. The lowest BCUT2D eigenvalue weighted by molar-refractivity contribution is -0.119. The van der Waals surface area contributed by atoms with E-state index in [1.165, 1.54) is 35.8 Å². The Hall–Kier alpha value is -3.00. The van der Waals surface area contributed by atoms with Crippen LogP contribution in [-0.4, -0.2) is 11.9 Å². The molecule has 1 unspecified atom stereocenters. The number of terminal acetylenes is 1. The molecule has 1 aromatic rings. The van der Waals surface area contributed by atoms with Gasteiger partial charge in [-0.3, -0.25) is 9.80 Å². The van der Waals surface area contributed by atoms with Gasteiger partial charge in [0, 0.05) is 24.6 Å². The summed E-state index contributed by atoms with van der Waals surface area (Å²) in [4.78, 5) is 11.4. The molecule has 1 aliphatic heterocycles. The molecule has 1 amide bonds. The van der Waals surface area contributed by atoms with E-state index in [-0.39, 0.29) is 23.7 Å². The summed E-state index contributed by atoms with van der Waals surface area (Å²) in [5.41, 5.74) is 9.36. The monoisotopic (exact) mass is 377 g/mol. The highest BCUT2D eigenvalue weighted by molar-refractivity contribution is 5.73. The number of halogens is 1. The number of carbonyl (C=O) groups is 1. The third-order valence-corrected chi connectivity index (χ3v) is 5.89. The first-order valence-electron chi connectivity index (χ1n) is 9.68. The highest BCUT2D eigenvalue weighted by atomic mass is 19.1. The summed E-state index contributed by atoms with van der Waals surface area (Å²) in [5, 5.41) is 4.87. The van der Waals surface area contributed by atoms with Gasteiger partial charge in [0.05, 0.1) is 17.4 Å². The predicted octanol–water partition coefficient (Wildman–Crippen LogP) is 3.80. The normalized spacial score (nSPS) is 23.9. The first-order chi connectivity index (χ1) is 13.5. The summed E-state index contributed by atoms with van der Waals surface area (Å²) in [6.45, 7) is 3.73. The SMILES string of the molecule is C#CC(C[C@H]1CCC2=C1[C@@H](C)C1=CNN(c3ccc(F)cc3)C1=C2)NC(C)=O. The largest absolute Gasteiger partial charge is 0.343 e. The molecule has 1 heterocycles. The Kier molecular flexibility index (Phi) is 4.72. The van der Waals surface area contributed by atoms with Gasteiger partial charge < -0.3 is 10.7 Å². The molecule has 144 valence electrons. The van der Waals surface area contributed by atoms with Crippen LogP contribution in [0.4, 0.5) is 10.1 Å². The van der Waals surface area contributed by atoms with Crippen LogP contribution in [0.25, 0.3) is 0 Å². The highest BCUT2D eigenvalue weighted by Gasteiger charge is 2.38. The molecule has 0 saturated carbocycles. The highest BCUT2D eigenvalue weighted by Crippen LogP contribution is 2.48. The number of amides is 1. The van der Waals surface area contributed by atoms with E-state index < -0.39 is 0 Å². The van der Waals surface area contributed by atoms with Gasteiger partial charge in [-0.25, -0.2) is 4.39 Å². The summed E-state index contributed by atoms with van der Waals surface area (Å²) >= 11 is 0. The van der Waals surface area contributed by atoms with Gasteiger partial charge >= 0.3 is 0 Å². The molecule has 0 radical (unpaired) electrons.